The molecule has 2 aromatic carbocycles. The molecule has 0 amide bonds. The lowest BCUT2D eigenvalue weighted by Gasteiger charge is -2.58. The van der Waals surface area contributed by atoms with Crippen LogP contribution >= 0.6 is 0 Å². The first kappa shape index (κ1) is 33.3. The molecule has 4 aliphatic carbocycles. The third-order valence-electron chi connectivity index (χ3n) is 14.0. The molecule has 50 heavy (non-hydrogen) atoms. The van der Waals surface area contributed by atoms with E-state index in [1.165, 1.54) is 99.3 Å². The van der Waals surface area contributed by atoms with E-state index in [9.17, 15) is 14.0 Å². The van der Waals surface area contributed by atoms with E-state index >= 15 is 0 Å². The van der Waals surface area contributed by atoms with Gasteiger partial charge in [0.1, 0.15) is 5.82 Å². The lowest BCUT2D eigenvalue weighted by molar-refractivity contribution is -0.0478. The van der Waals surface area contributed by atoms with Crippen LogP contribution in [0.2, 0.25) is 0 Å². The van der Waals surface area contributed by atoms with Crippen LogP contribution < -0.4 is 11.2 Å². The van der Waals surface area contributed by atoms with E-state index in [2.05, 4.69) is 31.8 Å². The molecule has 6 aliphatic rings. The number of para-hydroxylation sites is 1. The van der Waals surface area contributed by atoms with Gasteiger partial charge in [0.05, 0.1) is 16.9 Å². The minimum Gasteiger partial charge on any atom is -0.294 e. The number of allylic oxidation sites excluding steroid dienone is 1. The predicted octanol–water partition coefficient (Wildman–Crippen LogP) is 10.2. The van der Waals surface area contributed by atoms with E-state index in [0.29, 0.717) is 34.1 Å². The maximum Gasteiger partial charge on any atom is 0.357 e. The van der Waals surface area contributed by atoms with Crippen molar-refractivity contribution in [1.29, 1.82) is 0 Å². The van der Waals surface area contributed by atoms with Gasteiger partial charge < -0.3 is 0 Å². The Kier molecular flexibility index (Phi) is 8.72. The molecule has 2 heterocycles. The largest absolute Gasteiger partial charge is 0.357 e. The second-order valence-corrected chi connectivity index (χ2v) is 16.5. The van der Waals surface area contributed by atoms with Crippen molar-refractivity contribution in [3.05, 3.63) is 104 Å². The fraction of sp³-hybridized carbons (Fsp3) is 0.523. The van der Waals surface area contributed by atoms with E-state index in [4.69, 9.17) is 0 Å². The van der Waals surface area contributed by atoms with Gasteiger partial charge in [-0.05, 0) is 140 Å². The molecule has 3 fully saturated rings. The Hall–Kier alpha value is -3.80. The molecule has 0 N–H and O–H groups in total. The maximum atomic E-state index is 14.2. The number of fused-ring (bicyclic) bond motifs is 7. The molecule has 0 aromatic heterocycles. The summed E-state index contributed by atoms with van der Waals surface area (Å²) in [5.74, 6) is 2.99. The number of halogens is 1. The Balaban J connectivity index is 1.16. The highest BCUT2D eigenvalue weighted by molar-refractivity contribution is 5.71. The number of rotatable bonds is 9. The zero-order valence-electron chi connectivity index (χ0n) is 30.1. The first-order valence-electron chi connectivity index (χ1n) is 19.5. The number of aromatic nitrogens is 3. The van der Waals surface area contributed by atoms with Crippen molar-refractivity contribution in [2.45, 2.75) is 111 Å². The Morgan fingerprint density at radius 1 is 0.840 bits per heavy atom. The average Bonchev–Trinajstić information content (AvgIpc) is 3.45. The summed E-state index contributed by atoms with van der Waals surface area (Å²) in [5, 5.41) is 0. The van der Waals surface area contributed by atoms with E-state index in [0.717, 1.165) is 41.9 Å². The lowest BCUT2D eigenvalue weighted by atomic mass is 9.46. The zero-order valence-corrected chi connectivity index (χ0v) is 30.1. The predicted molar refractivity (Wildman–Crippen MR) is 200 cm³/mol. The molecule has 3 saturated carbocycles. The number of benzene rings is 2. The fourth-order valence-corrected chi connectivity index (χ4v) is 11.4. The molecule has 8 rings (SSSR count). The van der Waals surface area contributed by atoms with Crippen molar-refractivity contribution in [1.82, 2.24) is 14.1 Å². The lowest BCUT2D eigenvalue weighted by Crippen LogP contribution is -2.51. The Bertz CT molecular complexity index is 1990. The molecule has 262 valence electrons. The van der Waals surface area contributed by atoms with E-state index < -0.39 is 5.69 Å². The van der Waals surface area contributed by atoms with Crippen molar-refractivity contribution in [2.75, 3.05) is 0 Å². The summed E-state index contributed by atoms with van der Waals surface area (Å²) in [5.41, 5.74) is 4.63. The number of nitrogens with zero attached hydrogens (tertiary/aromatic N) is 3. The monoisotopic (exact) mass is 673 g/mol. The summed E-state index contributed by atoms with van der Waals surface area (Å²) >= 11 is 0. The normalized spacial score (nSPS) is 28.4. The van der Waals surface area contributed by atoms with Gasteiger partial charge in [-0.2, -0.15) is 4.98 Å². The number of hydrogen-bond donors (Lipinski definition) is 0. The van der Waals surface area contributed by atoms with Crippen LogP contribution in [-0.2, 0) is 6.42 Å². The van der Waals surface area contributed by atoms with Crippen LogP contribution in [0.25, 0.3) is 28.8 Å². The van der Waals surface area contributed by atoms with Crippen LogP contribution in [-0.4, -0.2) is 14.1 Å². The van der Waals surface area contributed by atoms with Gasteiger partial charge in [0.2, 0.25) is 0 Å². The first-order chi connectivity index (χ1) is 24.2. The molecule has 0 unspecified atom stereocenters. The van der Waals surface area contributed by atoms with E-state index in [1.807, 2.05) is 28.8 Å². The number of hydrogen-bond acceptors (Lipinski definition) is 3. The maximum absolute atomic E-state index is 14.2. The third-order valence-corrected chi connectivity index (χ3v) is 14.0. The van der Waals surface area contributed by atoms with Crippen molar-refractivity contribution < 1.29 is 4.39 Å². The second-order valence-electron chi connectivity index (χ2n) is 16.5. The van der Waals surface area contributed by atoms with Gasteiger partial charge in [0.15, 0.2) is 5.82 Å². The number of pyridine rings is 1. The van der Waals surface area contributed by atoms with Gasteiger partial charge in [0, 0.05) is 5.69 Å². The minimum atomic E-state index is -0.616. The summed E-state index contributed by atoms with van der Waals surface area (Å²) in [6.45, 7) is 7.44. The molecule has 0 saturated heterocycles. The van der Waals surface area contributed by atoms with Crippen LogP contribution in [0, 0.1) is 40.3 Å². The van der Waals surface area contributed by atoms with Gasteiger partial charge in [-0.3, -0.25) is 9.36 Å². The van der Waals surface area contributed by atoms with Crippen molar-refractivity contribution in [2.24, 2.45) is 34.5 Å². The third kappa shape index (κ3) is 5.43. The summed E-state index contributed by atoms with van der Waals surface area (Å²) in [4.78, 5) is 32.3. The number of unbranched alkanes of at least 4 members (excludes halogenated alkanes) is 5. The molecule has 2 aromatic rings. The molecule has 0 bridgehead atoms. The summed E-state index contributed by atoms with van der Waals surface area (Å²) in [6.07, 6.45) is 20.5. The fourth-order valence-electron chi connectivity index (χ4n) is 11.4. The molecule has 6 heteroatoms. The summed E-state index contributed by atoms with van der Waals surface area (Å²) in [6, 6.07) is 17.3. The Morgan fingerprint density at radius 3 is 2.36 bits per heavy atom. The highest BCUT2D eigenvalue weighted by Crippen LogP contribution is 2.67. The average molecular weight is 674 g/mol. The van der Waals surface area contributed by atoms with Crippen LogP contribution in [0.4, 0.5) is 4.39 Å². The standard InChI is InChI=1S/C44H52FN3O2/c1-4-5-6-7-8-10-13-30-17-23-37-35-22-16-31-27-39-29(28-44(31,3)38(35)24-25-43(30,37)2)26-36-40(47(39)34-20-18-32(45)19-21-34)46-42(50)48(41(36)49)33-14-11-9-12-15-33/h9,11-12,14-15,18-21,26-27,30,35,37-38H,4-8,10,13,16-17,22-25,28H2,1-3H3/t30-,35-,37-,38-,43+,44-/m0/s1. The molecule has 6 atom stereocenters. The SMILES string of the molecule is CCCCCCCC[C@H]1CC[C@H]2[C@@H]3CCC4=Cc5c(cc6c(=O)n(-c7ccccc7)c(=O)nc-6n5-c5ccc(F)cc5)C[C@]4(C)[C@H]3CC[C@]12C. The molecule has 0 radical (unpaired) electrons. The molecular weight excluding hydrogens is 622 g/mol. The minimum absolute atomic E-state index is 0.00721. The molecule has 2 aliphatic heterocycles. The highest BCUT2D eigenvalue weighted by atomic mass is 19.1. The van der Waals surface area contributed by atoms with Gasteiger partial charge >= 0.3 is 5.69 Å². The van der Waals surface area contributed by atoms with Gasteiger partial charge in [0.25, 0.3) is 5.56 Å². The highest BCUT2D eigenvalue weighted by Gasteiger charge is 2.58. The smallest absolute Gasteiger partial charge is 0.294 e. The Morgan fingerprint density at radius 2 is 1.58 bits per heavy atom. The second kappa shape index (κ2) is 13.1. The summed E-state index contributed by atoms with van der Waals surface area (Å²) in [7, 11) is 0. The van der Waals surface area contributed by atoms with E-state index in [1.54, 1.807) is 24.3 Å². The van der Waals surface area contributed by atoms with Crippen molar-refractivity contribution in [3.8, 4) is 22.8 Å². The molecule has 5 nitrogen and oxygen atoms in total. The Labute approximate surface area is 296 Å². The van der Waals surface area contributed by atoms with E-state index in [-0.39, 0.29) is 16.8 Å². The van der Waals surface area contributed by atoms with Crippen LogP contribution in [0.3, 0.4) is 0 Å². The van der Waals surface area contributed by atoms with Crippen LogP contribution in [0.5, 0.6) is 0 Å². The van der Waals surface area contributed by atoms with Gasteiger partial charge in [-0.25, -0.2) is 13.8 Å². The van der Waals surface area contributed by atoms with Gasteiger partial charge in [-0.15, -0.1) is 0 Å². The van der Waals surface area contributed by atoms with Crippen LogP contribution in [0.1, 0.15) is 115 Å². The first-order valence-corrected chi connectivity index (χ1v) is 19.5. The van der Waals surface area contributed by atoms with Crippen molar-refractivity contribution >= 4 is 6.08 Å². The van der Waals surface area contributed by atoms with Gasteiger partial charge in [-0.1, -0.05) is 83.1 Å². The zero-order chi connectivity index (χ0) is 34.6. The van der Waals surface area contributed by atoms with Crippen molar-refractivity contribution in [3.63, 3.8) is 0 Å². The topological polar surface area (TPSA) is 56.9 Å². The van der Waals surface area contributed by atoms with Crippen LogP contribution in [0.15, 0.2) is 75.8 Å². The summed E-state index contributed by atoms with van der Waals surface area (Å²) < 4.78 is 17.3. The molecular formula is C44H52FN3O2. The quantitative estimate of drug-likeness (QED) is 0.166. The molecule has 0 spiro atoms.